The number of hydrogen-bond acceptors (Lipinski definition) is 3. The largest absolute Gasteiger partial charge is 0.416 e. The highest BCUT2D eigenvalue weighted by Crippen LogP contribution is 2.33. The van der Waals surface area contributed by atoms with E-state index in [-0.39, 0.29) is 11.7 Å². The summed E-state index contributed by atoms with van der Waals surface area (Å²) in [6.45, 7) is 2.16. The lowest BCUT2D eigenvalue weighted by Gasteiger charge is -2.11. The van der Waals surface area contributed by atoms with Gasteiger partial charge in [-0.1, -0.05) is 0 Å². The summed E-state index contributed by atoms with van der Waals surface area (Å²) in [7, 11) is 0. The molecule has 4 rings (SSSR count). The molecule has 5 nitrogen and oxygen atoms in total. The summed E-state index contributed by atoms with van der Waals surface area (Å²) in [4.78, 5) is 23.6. The molecule has 0 radical (unpaired) electrons. The molecule has 2 aromatic heterocycles. The Labute approximate surface area is 152 Å². The lowest BCUT2D eigenvalue weighted by atomic mass is 10.1. The monoisotopic (exact) mass is 372 g/mol. The molecule has 1 amide bonds. The molecule has 0 atom stereocenters. The molecule has 0 fully saturated rings. The first-order valence-corrected chi connectivity index (χ1v) is 8.34. The molecule has 27 heavy (non-hydrogen) atoms. The highest BCUT2D eigenvalue weighted by atomic mass is 19.4. The third-order valence-electron chi connectivity index (χ3n) is 4.40. The fraction of sp³-hybridized carbons (Fsp3) is 0.211. The van der Waals surface area contributed by atoms with E-state index in [0.717, 1.165) is 17.8 Å². The molecule has 2 N–H and O–H groups in total. The number of nitrogens with zero attached hydrogens (tertiary/aromatic N) is 2. The molecule has 0 aliphatic carbocycles. The van der Waals surface area contributed by atoms with Crippen molar-refractivity contribution in [2.45, 2.75) is 19.5 Å². The van der Waals surface area contributed by atoms with E-state index in [9.17, 15) is 18.0 Å². The van der Waals surface area contributed by atoms with Crippen LogP contribution in [0.3, 0.4) is 0 Å². The zero-order valence-electron chi connectivity index (χ0n) is 14.3. The van der Waals surface area contributed by atoms with Crippen LogP contribution in [-0.2, 0) is 12.6 Å². The summed E-state index contributed by atoms with van der Waals surface area (Å²) < 4.78 is 39.3. The average molecular weight is 372 g/mol. The number of alkyl halides is 3. The minimum absolute atomic E-state index is 0.151. The third kappa shape index (κ3) is 3.30. The minimum Gasteiger partial charge on any atom is -0.356 e. The van der Waals surface area contributed by atoms with Crippen LogP contribution in [0.5, 0.6) is 0 Å². The second kappa shape index (κ2) is 6.22. The fourth-order valence-electron chi connectivity index (χ4n) is 3.16. The van der Waals surface area contributed by atoms with E-state index in [4.69, 9.17) is 0 Å². The van der Waals surface area contributed by atoms with Crippen molar-refractivity contribution in [3.8, 4) is 22.8 Å². The first kappa shape index (κ1) is 17.3. The molecule has 8 heteroatoms. The van der Waals surface area contributed by atoms with Crippen LogP contribution < -0.4 is 5.32 Å². The van der Waals surface area contributed by atoms with Crippen molar-refractivity contribution >= 4 is 5.91 Å². The van der Waals surface area contributed by atoms with Crippen LogP contribution in [-0.4, -0.2) is 27.4 Å². The first-order valence-electron chi connectivity index (χ1n) is 8.34. The molecule has 0 saturated heterocycles. The molecular formula is C19H15F3N4O. The first-order chi connectivity index (χ1) is 12.8. The van der Waals surface area contributed by atoms with Crippen LogP contribution in [0, 0.1) is 6.92 Å². The smallest absolute Gasteiger partial charge is 0.356 e. The van der Waals surface area contributed by atoms with Crippen LogP contribution in [0.2, 0.25) is 0 Å². The Morgan fingerprint density at radius 1 is 1.15 bits per heavy atom. The number of carbonyl (C=O) groups excluding carboxylic acids is 1. The van der Waals surface area contributed by atoms with Gasteiger partial charge in [0.25, 0.3) is 5.91 Å². The number of fused-ring (bicyclic) bond motifs is 1. The van der Waals surface area contributed by atoms with E-state index >= 15 is 0 Å². The van der Waals surface area contributed by atoms with E-state index in [1.165, 1.54) is 6.20 Å². The van der Waals surface area contributed by atoms with Gasteiger partial charge in [-0.2, -0.15) is 13.2 Å². The second-order valence-corrected chi connectivity index (χ2v) is 6.43. The predicted molar refractivity (Wildman–Crippen MR) is 93.0 cm³/mol. The molecule has 0 unspecified atom stereocenters. The van der Waals surface area contributed by atoms with Gasteiger partial charge < -0.3 is 10.3 Å². The molecular weight excluding hydrogens is 357 g/mol. The minimum atomic E-state index is -4.44. The number of aryl methyl sites for hydroxylation is 1. The molecule has 3 aromatic rings. The van der Waals surface area contributed by atoms with Gasteiger partial charge in [-0.05, 0) is 42.8 Å². The number of hydrogen-bond donors (Lipinski definition) is 2. The number of benzene rings is 1. The van der Waals surface area contributed by atoms with E-state index in [2.05, 4.69) is 20.3 Å². The van der Waals surface area contributed by atoms with E-state index < -0.39 is 11.7 Å². The molecule has 0 bridgehead atoms. The molecule has 1 aliphatic rings. The number of amides is 1. The number of aromatic nitrogens is 3. The van der Waals surface area contributed by atoms with Crippen molar-refractivity contribution in [3.05, 3.63) is 58.9 Å². The van der Waals surface area contributed by atoms with Gasteiger partial charge in [-0.15, -0.1) is 0 Å². The van der Waals surface area contributed by atoms with Crippen LogP contribution in [0.25, 0.3) is 22.8 Å². The zero-order chi connectivity index (χ0) is 19.2. The van der Waals surface area contributed by atoms with E-state index in [1.807, 2.05) is 0 Å². The Morgan fingerprint density at radius 2 is 1.96 bits per heavy atom. The van der Waals surface area contributed by atoms with Gasteiger partial charge in [0.2, 0.25) is 0 Å². The van der Waals surface area contributed by atoms with Gasteiger partial charge in [0, 0.05) is 30.4 Å². The van der Waals surface area contributed by atoms with Gasteiger partial charge in [-0.25, -0.2) is 9.97 Å². The maximum atomic E-state index is 13.1. The van der Waals surface area contributed by atoms with Crippen molar-refractivity contribution in [2.24, 2.45) is 0 Å². The fourth-order valence-corrected chi connectivity index (χ4v) is 3.16. The average Bonchev–Trinajstić information content (AvgIpc) is 3.06. The number of rotatable bonds is 2. The number of aromatic amines is 1. The topological polar surface area (TPSA) is 70.7 Å². The molecule has 1 aromatic carbocycles. The maximum absolute atomic E-state index is 13.1. The highest BCUT2D eigenvalue weighted by molar-refractivity contribution is 5.97. The standard InChI is InChI=1S/C19H15F3N4O/c1-10-6-11(8-12(7-10)19(20,21)22)17-23-4-3-15(26-17)16-9-13-14(25-16)2-5-24-18(13)27/h3-4,6-9,25H,2,5H2,1H3,(H,24,27). The molecule has 0 spiro atoms. The van der Waals surface area contributed by atoms with Crippen LogP contribution in [0.15, 0.2) is 36.5 Å². The van der Waals surface area contributed by atoms with Crippen LogP contribution in [0.4, 0.5) is 13.2 Å². The van der Waals surface area contributed by atoms with Crippen molar-refractivity contribution < 1.29 is 18.0 Å². The summed E-state index contributed by atoms with van der Waals surface area (Å²) in [6.07, 6.45) is -2.26. The van der Waals surface area contributed by atoms with Gasteiger partial charge >= 0.3 is 6.18 Å². The Morgan fingerprint density at radius 3 is 2.70 bits per heavy atom. The van der Waals surface area contributed by atoms with Crippen molar-refractivity contribution in [3.63, 3.8) is 0 Å². The molecule has 3 heterocycles. The van der Waals surface area contributed by atoms with Gasteiger partial charge in [-0.3, -0.25) is 4.79 Å². The Balaban J connectivity index is 1.76. The SMILES string of the molecule is Cc1cc(-c2nccc(-c3cc4c([nH]3)CCNC4=O)n2)cc(C(F)(F)F)c1. The maximum Gasteiger partial charge on any atom is 0.416 e. The Hall–Kier alpha value is -3.16. The van der Waals surface area contributed by atoms with Gasteiger partial charge in [0.05, 0.1) is 22.5 Å². The number of H-pyrrole nitrogens is 1. The van der Waals surface area contributed by atoms with E-state index in [0.29, 0.717) is 41.0 Å². The van der Waals surface area contributed by atoms with Crippen molar-refractivity contribution in [1.29, 1.82) is 0 Å². The highest BCUT2D eigenvalue weighted by Gasteiger charge is 2.31. The van der Waals surface area contributed by atoms with E-state index in [1.54, 1.807) is 25.1 Å². The molecule has 0 saturated carbocycles. The lowest BCUT2D eigenvalue weighted by Crippen LogP contribution is -2.31. The summed E-state index contributed by atoms with van der Waals surface area (Å²) in [5.74, 6) is 0.0419. The van der Waals surface area contributed by atoms with Gasteiger partial charge in [0.15, 0.2) is 5.82 Å². The second-order valence-electron chi connectivity index (χ2n) is 6.43. The Bertz CT molecular complexity index is 1040. The zero-order valence-corrected chi connectivity index (χ0v) is 14.3. The Kier molecular flexibility index (Phi) is 3.98. The summed E-state index contributed by atoms with van der Waals surface area (Å²) in [5.41, 5.74) is 2.55. The lowest BCUT2D eigenvalue weighted by molar-refractivity contribution is -0.137. The van der Waals surface area contributed by atoms with Crippen LogP contribution >= 0.6 is 0 Å². The molecule has 138 valence electrons. The van der Waals surface area contributed by atoms with Crippen LogP contribution in [0.1, 0.15) is 27.2 Å². The van der Waals surface area contributed by atoms with Gasteiger partial charge in [0.1, 0.15) is 0 Å². The van der Waals surface area contributed by atoms with Crippen molar-refractivity contribution in [1.82, 2.24) is 20.3 Å². The number of halogens is 3. The number of nitrogens with one attached hydrogen (secondary N) is 2. The quantitative estimate of drug-likeness (QED) is 0.720. The summed E-state index contributed by atoms with van der Waals surface area (Å²) in [5, 5.41) is 2.77. The molecule has 1 aliphatic heterocycles. The van der Waals surface area contributed by atoms with Crippen molar-refractivity contribution in [2.75, 3.05) is 6.54 Å². The summed E-state index contributed by atoms with van der Waals surface area (Å²) in [6, 6.07) is 7.10. The normalized spacial score (nSPS) is 14.0. The summed E-state index contributed by atoms with van der Waals surface area (Å²) >= 11 is 0. The third-order valence-corrected chi connectivity index (χ3v) is 4.40. The predicted octanol–water partition coefficient (Wildman–Crippen LogP) is 3.75. The number of carbonyl (C=O) groups is 1.